The number of nitrogens with zero attached hydrogens (tertiary/aromatic N) is 7. The van der Waals surface area contributed by atoms with E-state index in [0.29, 0.717) is 45.2 Å². The number of rotatable bonds is 18. The normalized spacial score (nSPS) is 11.7. The van der Waals surface area contributed by atoms with Crippen LogP contribution in [0.25, 0.3) is 28.2 Å². The molecule has 2 heterocycles. The third kappa shape index (κ3) is 9.59. The summed E-state index contributed by atoms with van der Waals surface area (Å²) in [5.41, 5.74) is 3.29. The summed E-state index contributed by atoms with van der Waals surface area (Å²) >= 11 is 0. The third-order valence-corrected chi connectivity index (χ3v) is 13.7. The molecule has 0 unspecified atom stereocenters. The Hall–Kier alpha value is -7.09. The van der Waals surface area contributed by atoms with Gasteiger partial charge in [0.05, 0.1) is 50.4 Å². The van der Waals surface area contributed by atoms with E-state index in [-0.39, 0.29) is 31.0 Å². The summed E-state index contributed by atoms with van der Waals surface area (Å²) in [6.07, 6.45) is 3.55. The van der Waals surface area contributed by atoms with Gasteiger partial charge in [0.15, 0.2) is 15.7 Å². The first-order valence-electron chi connectivity index (χ1n) is 19.0. The molecule has 7 aromatic rings. The maximum atomic E-state index is 15.9. The molecular formula is C43H42N8O9S2. The lowest BCUT2D eigenvalue weighted by Crippen LogP contribution is -2.33. The third-order valence-electron chi connectivity index (χ3n) is 9.94. The molecule has 0 spiro atoms. The summed E-state index contributed by atoms with van der Waals surface area (Å²) in [5.74, 6) is 0.918. The van der Waals surface area contributed by atoms with Crippen molar-refractivity contribution in [3.05, 3.63) is 145 Å². The van der Waals surface area contributed by atoms with Crippen LogP contribution >= 0.6 is 0 Å². The number of benzene rings is 5. The Morgan fingerprint density at radius 1 is 0.774 bits per heavy atom. The molecule has 19 heteroatoms. The number of imidazole rings is 1. The lowest BCUT2D eigenvalue weighted by molar-refractivity contribution is 0.195. The number of hydrogen-bond donors (Lipinski definition) is 2. The minimum Gasteiger partial charge on any atom is -0.497 e. The predicted octanol–water partition coefficient (Wildman–Crippen LogP) is 5.70. The summed E-state index contributed by atoms with van der Waals surface area (Å²) < 4.78 is 81.4. The molecule has 0 atom stereocenters. The second-order valence-electron chi connectivity index (χ2n) is 13.9. The molecular weight excluding hydrogens is 837 g/mol. The number of nitrogens with one attached hydrogen (secondary N) is 1. The Balaban J connectivity index is 1.52. The SMILES string of the molecule is COc1ccc(CN(Cc2ccc(OC)cc2)S(=O)(=O)c2c(S(=O)(=O)CCNC(=O)O)ccc(-c3cccc(-n4ccnc4)c3)c2-c2nnnn2Cc2ccc(OC)cc2)cc1. The van der Waals surface area contributed by atoms with E-state index in [0.717, 1.165) is 5.56 Å². The first kappa shape index (κ1) is 43.0. The van der Waals surface area contributed by atoms with Gasteiger partial charge in [-0.25, -0.2) is 31.3 Å². The molecule has 0 radical (unpaired) electrons. The number of sulfone groups is 1. The molecule has 0 aliphatic carbocycles. The molecule has 7 rings (SSSR count). The highest BCUT2D eigenvalue weighted by atomic mass is 32.2. The molecule has 320 valence electrons. The molecule has 5 aromatic carbocycles. The Bertz CT molecular complexity index is 2820. The first-order valence-corrected chi connectivity index (χ1v) is 22.1. The summed E-state index contributed by atoms with van der Waals surface area (Å²) in [4.78, 5) is 14.5. The zero-order valence-electron chi connectivity index (χ0n) is 33.8. The van der Waals surface area contributed by atoms with Crippen molar-refractivity contribution in [1.82, 2.24) is 39.4 Å². The Morgan fingerprint density at radius 2 is 1.37 bits per heavy atom. The van der Waals surface area contributed by atoms with E-state index in [9.17, 15) is 18.3 Å². The van der Waals surface area contributed by atoms with Crippen LogP contribution in [0.3, 0.4) is 0 Å². The maximum Gasteiger partial charge on any atom is 0.404 e. The van der Waals surface area contributed by atoms with Crippen molar-refractivity contribution >= 4 is 26.0 Å². The van der Waals surface area contributed by atoms with Gasteiger partial charge in [-0.05, 0) is 92.8 Å². The van der Waals surface area contributed by atoms with Gasteiger partial charge in [-0.2, -0.15) is 4.31 Å². The fourth-order valence-corrected chi connectivity index (χ4v) is 10.4. The Labute approximate surface area is 358 Å². The molecule has 0 aliphatic heterocycles. The average Bonchev–Trinajstić information content (AvgIpc) is 4.00. The smallest absolute Gasteiger partial charge is 0.404 e. The van der Waals surface area contributed by atoms with E-state index in [1.807, 2.05) is 12.1 Å². The van der Waals surface area contributed by atoms with Gasteiger partial charge in [-0.3, -0.25) is 0 Å². The fourth-order valence-electron chi connectivity index (χ4n) is 6.79. The van der Waals surface area contributed by atoms with Crippen LogP contribution in [0.4, 0.5) is 4.79 Å². The number of tetrazole rings is 1. The van der Waals surface area contributed by atoms with Crippen molar-refractivity contribution in [2.75, 3.05) is 33.6 Å². The van der Waals surface area contributed by atoms with Crippen molar-refractivity contribution in [3.8, 4) is 45.5 Å². The lowest BCUT2D eigenvalue weighted by atomic mass is 9.98. The molecule has 17 nitrogen and oxygen atoms in total. The van der Waals surface area contributed by atoms with E-state index >= 15 is 8.42 Å². The van der Waals surface area contributed by atoms with Gasteiger partial charge in [-0.1, -0.05) is 54.6 Å². The van der Waals surface area contributed by atoms with E-state index in [1.165, 1.54) is 35.3 Å². The number of carbonyl (C=O) groups is 1. The van der Waals surface area contributed by atoms with E-state index < -0.39 is 48.0 Å². The van der Waals surface area contributed by atoms with Gasteiger partial charge in [-0.15, -0.1) is 5.10 Å². The minimum absolute atomic E-state index is 0.0445. The minimum atomic E-state index is -4.91. The van der Waals surface area contributed by atoms with Crippen molar-refractivity contribution in [2.45, 2.75) is 29.4 Å². The summed E-state index contributed by atoms with van der Waals surface area (Å²) in [5, 5.41) is 24.1. The largest absolute Gasteiger partial charge is 0.497 e. The Kier molecular flexibility index (Phi) is 13.0. The highest BCUT2D eigenvalue weighted by Gasteiger charge is 2.38. The number of ether oxygens (including phenoxy) is 3. The van der Waals surface area contributed by atoms with Crippen LogP contribution in [0.15, 0.2) is 138 Å². The molecule has 2 N–H and O–H groups in total. The molecule has 0 saturated heterocycles. The van der Waals surface area contributed by atoms with Crippen molar-refractivity contribution < 1.29 is 40.9 Å². The maximum absolute atomic E-state index is 15.9. The second-order valence-corrected chi connectivity index (χ2v) is 17.8. The zero-order chi connectivity index (χ0) is 43.9. The zero-order valence-corrected chi connectivity index (χ0v) is 35.5. The van der Waals surface area contributed by atoms with Gasteiger partial charge in [0.2, 0.25) is 10.0 Å². The van der Waals surface area contributed by atoms with Crippen LogP contribution in [0.1, 0.15) is 16.7 Å². The van der Waals surface area contributed by atoms with E-state index in [1.54, 1.807) is 115 Å². The Morgan fingerprint density at radius 3 is 1.92 bits per heavy atom. The van der Waals surface area contributed by atoms with Crippen LogP contribution in [-0.2, 0) is 39.5 Å². The monoisotopic (exact) mass is 878 g/mol. The van der Waals surface area contributed by atoms with Crippen LogP contribution in [-0.4, -0.2) is 95.7 Å². The number of carboxylic acid groups (broad SMARTS) is 1. The number of sulfonamides is 1. The average molecular weight is 879 g/mol. The van der Waals surface area contributed by atoms with Crippen molar-refractivity contribution in [1.29, 1.82) is 0 Å². The number of aromatic nitrogens is 6. The fraction of sp³-hybridized carbons (Fsp3) is 0.186. The topological polar surface area (TPSA) is 210 Å². The second kappa shape index (κ2) is 18.7. The lowest BCUT2D eigenvalue weighted by Gasteiger charge is -2.27. The highest BCUT2D eigenvalue weighted by Crippen LogP contribution is 2.42. The van der Waals surface area contributed by atoms with Crippen LogP contribution < -0.4 is 19.5 Å². The molecule has 0 bridgehead atoms. The van der Waals surface area contributed by atoms with Gasteiger partial charge in [0, 0.05) is 37.7 Å². The first-order chi connectivity index (χ1) is 29.9. The van der Waals surface area contributed by atoms with Gasteiger partial charge >= 0.3 is 6.09 Å². The summed E-state index contributed by atoms with van der Waals surface area (Å²) in [7, 11) is -4.90. The molecule has 0 aliphatic rings. The standard InChI is InChI=1S/C43H42N8O9S2/c1-58-35-13-7-30(8-14-35)26-50(27-31-9-15-36(59-2)16-10-31)62(56,57)41-39(61(54,55)24-22-45-43(52)53)20-19-38(33-5-4-6-34(25-33)49-23-21-44-29-49)40(41)42-46-47-48-51(42)28-32-11-17-37(60-3)18-12-32/h4-21,23,25,29,45H,22,24,26-28H2,1-3H3,(H,52,53). The van der Waals surface area contributed by atoms with E-state index in [4.69, 9.17) is 14.2 Å². The van der Waals surface area contributed by atoms with E-state index in [2.05, 4.69) is 25.8 Å². The molecule has 2 aromatic heterocycles. The number of amides is 1. The molecule has 0 saturated carbocycles. The van der Waals surface area contributed by atoms with Crippen molar-refractivity contribution in [2.24, 2.45) is 0 Å². The number of hydrogen-bond acceptors (Lipinski definition) is 12. The van der Waals surface area contributed by atoms with Crippen LogP contribution in [0.2, 0.25) is 0 Å². The molecule has 1 amide bonds. The predicted molar refractivity (Wildman–Crippen MR) is 228 cm³/mol. The van der Waals surface area contributed by atoms with Gasteiger partial charge in [0.1, 0.15) is 22.1 Å². The quantitative estimate of drug-likeness (QED) is 0.106. The molecule has 0 fully saturated rings. The molecule has 62 heavy (non-hydrogen) atoms. The summed E-state index contributed by atoms with van der Waals surface area (Å²) in [6.45, 7) is -0.858. The highest BCUT2D eigenvalue weighted by molar-refractivity contribution is 7.93. The summed E-state index contributed by atoms with van der Waals surface area (Å²) in [6, 6.07) is 30.8. The van der Waals surface area contributed by atoms with Gasteiger partial charge in [0.25, 0.3) is 0 Å². The van der Waals surface area contributed by atoms with Crippen molar-refractivity contribution in [3.63, 3.8) is 0 Å². The van der Waals surface area contributed by atoms with Crippen LogP contribution in [0.5, 0.6) is 17.2 Å². The number of methoxy groups -OCH3 is 3. The van der Waals surface area contributed by atoms with Gasteiger partial charge < -0.3 is 29.2 Å². The van der Waals surface area contributed by atoms with Crippen LogP contribution in [0, 0.1) is 0 Å².